The highest BCUT2D eigenvalue weighted by molar-refractivity contribution is 5.65. The molecule has 0 radical (unpaired) electrons. The Labute approximate surface area is 126 Å². The Bertz CT molecular complexity index is 622. The Morgan fingerprint density at radius 2 is 2.00 bits per heavy atom. The van der Waals surface area contributed by atoms with Gasteiger partial charge in [-0.25, -0.2) is 4.68 Å². The second-order valence-electron chi connectivity index (χ2n) is 5.41. The lowest BCUT2D eigenvalue weighted by Crippen LogP contribution is -2.03. The third kappa shape index (κ3) is 3.91. The van der Waals surface area contributed by atoms with Gasteiger partial charge in [-0.2, -0.15) is 5.26 Å². The average Bonchev–Trinajstić information content (AvgIpc) is 2.90. The Balaban J connectivity index is 2.16. The fraction of sp³-hybridized carbons (Fsp3) is 0.471. The molecule has 0 atom stereocenters. The third-order valence-corrected chi connectivity index (χ3v) is 3.61. The molecule has 1 heterocycles. The van der Waals surface area contributed by atoms with Gasteiger partial charge in [-0.15, -0.1) is 5.10 Å². The monoisotopic (exact) mass is 282 g/mol. The van der Waals surface area contributed by atoms with Crippen LogP contribution in [0.2, 0.25) is 0 Å². The quantitative estimate of drug-likeness (QED) is 0.718. The zero-order chi connectivity index (χ0) is 15.1. The second kappa shape index (κ2) is 7.58. The predicted octanol–water partition coefficient (Wildman–Crippen LogP) is 4.10. The maximum atomic E-state index is 9.24. The van der Waals surface area contributed by atoms with Crippen LogP contribution in [0, 0.1) is 18.3 Å². The van der Waals surface area contributed by atoms with E-state index in [1.165, 1.54) is 31.2 Å². The third-order valence-electron chi connectivity index (χ3n) is 3.61. The van der Waals surface area contributed by atoms with Crippen LogP contribution in [0.25, 0.3) is 11.3 Å². The van der Waals surface area contributed by atoms with Crippen molar-refractivity contribution >= 4 is 0 Å². The van der Waals surface area contributed by atoms with Crippen LogP contribution in [0.15, 0.2) is 24.3 Å². The first-order chi connectivity index (χ1) is 10.3. The summed E-state index contributed by atoms with van der Waals surface area (Å²) in [7, 11) is 0. The second-order valence-corrected chi connectivity index (χ2v) is 5.41. The molecule has 0 amide bonds. The van der Waals surface area contributed by atoms with Crippen molar-refractivity contribution < 1.29 is 0 Å². The zero-order valence-electron chi connectivity index (χ0n) is 12.8. The number of aromatic nitrogens is 3. The van der Waals surface area contributed by atoms with Gasteiger partial charge in [0.25, 0.3) is 0 Å². The maximum absolute atomic E-state index is 9.24. The van der Waals surface area contributed by atoms with Gasteiger partial charge in [0, 0.05) is 12.1 Å². The van der Waals surface area contributed by atoms with E-state index < -0.39 is 0 Å². The largest absolute Gasteiger partial charge is 0.243 e. The lowest BCUT2D eigenvalue weighted by molar-refractivity contribution is 0.524. The summed E-state index contributed by atoms with van der Waals surface area (Å²) in [5.41, 5.74) is 3.45. The highest BCUT2D eigenvalue weighted by atomic mass is 15.4. The molecule has 2 aromatic rings. The molecule has 21 heavy (non-hydrogen) atoms. The minimum absolute atomic E-state index is 0.411. The van der Waals surface area contributed by atoms with Crippen LogP contribution >= 0.6 is 0 Å². The minimum atomic E-state index is 0.411. The highest BCUT2D eigenvalue weighted by Crippen LogP contribution is 2.23. The van der Waals surface area contributed by atoms with Crippen molar-refractivity contribution in [1.29, 1.82) is 5.26 Å². The van der Waals surface area contributed by atoms with E-state index in [-0.39, 0.29) is 0 Å². The number of nitrogens with zero attached hydrogens (tertiary/aromatic N) is 4. The van der Waals surface area contributed by atoms with Crippen LogP contribution in [0.1, 0.15) is 50.3 Å². The zero-order valence-corrected chi connectivity index (χ0v) is 12.8. The van der Waals surface area contributed by atoms with E-state index in [0.717, 1.165) is 24.2 Å². The van der Waals surface area contributed by atoms with Crippen LogP contribution in [-0.2, 0) is 6.54 Å². The topological polar surface area (TPSA) is 54.5 Å². The van der Waals surface area contributed by atoms with Gasteiger partial charge in [-0.05, 0) is 19.4 Å². The lowest BCUT2D eigenvalue weighted by atomic mass is 10.1. The normalized spacial score (nSPS) is 10.5. The lowest BCUT2D eigenvalue weighted by Gasteiger charge is -2.07. The summed E-state index contributed by atoms with van der Waals surface area (Å²) >= 11 is 0. The highest BCUT2D eigenvalue weighted by Gasteiger charge is 2.14. The molecule has 0 bridgehead atoms. The van der Waals surface area contributed by atoms with E-state index in [4.69, 9.17) is 0 Å². The molecule has 1 aromatic heterocycles. The van der Waals surface area contributed by atoms with Gasteiger partial charge in [0.2, 0.25) is 0 Å². The molecule has 0 unspecified atom stereocenters. The molecular weight excluding hydrogens is 260 g/mol. The molecule has 0 aliphatic heterocycles. The van der Waals surface area contributed by atoms with Crippen LogP contribution < -0.4 is 0 Å². The first-order valence-corrected chi connectivity index (χ1v) is 7.67. The predicted molar refractivity (Wildman–Crippen MR) is 83.7 cm³/mol. The van der Waals surface area contributed by atoms with Gasteiger partial charge >= 0.3 is 0 Å². The molecule has 0 saturated carbocycles. The summed E-state index contributed by atoms with van der Waals surface area (Å²) in [5, 5.41) is 17.4. The summed E-state index contributed by atoms with van der Waals surface area (Å²) in [4.78, 5) is 0. The van der Waals surface area contributed by atoms with Crippen LogP contribution in [-0.4, -0.2) is 15.0 Å². The molecule has 2 rings (SSSR count). The Morgan fingerprint density at radius 3 is 2.71 bits per heavy atom. The Morgan fingerprint density at radius 1 is 1.19 bits per heavy atom. The molecule has 4 heteroatoms. The van der Waals surface area contributed by atoms with Crippen molar-refractivity contribution in [2.24, 2.45) is 0 Å². The van der Waals surface area contributed by atoms with Crippen molar-refractivity contribution in [3.63, 3.8) is 0 Å². The molecule has 4 nitrogen and oxygen atoms in total. The number of hydrogen-bond acceptors (Lipinski definition) is 3. The number of aryl methyl sites for hydroxylation is 2. The van der Waals surface area contributed by atoms with Gasteiger partial charge in [0.05, 0.1) is 0 Å². The fourth-order valence-corrected chi connectivity index (χ4v) is 2.49. The average molecular weight is 282 g/mol. The summed E-state index contributed by atoms with van der Waals surface area (Å²) in [6, 6.07) is 10.3. The minimum Gasteiger partial charge on any atom is -0.243 e. The van der Waals surface area contributed by atoms with Crippen LogP contribution in [0.5, 0.6) is 0 Å². The van der Waals surface area contributed by atoms with E-state index >= 15 is 0 Å². The Kier molecular flexibility index (Phi) is 5.51. The number of benzene rings is 1. The van der Waals surface area contributed by atoms with Crippen molar-refractivity contribution in [2.45, 2.75) is 52.5 Å². The van der Waals surface area contributed by atoms with E-state index in [2.05, 4.69) is 42.4 Å². The van der Waals surface area contributed by atoms with Gasteiger partial charge in [0.1, 0.15) is 11.8 Å². The smallest absolute Gasteiger partial charge is 0.190 e. The van der Waals surface area contributed by atoms with Crippen LogP contribution in [0.3, 0.4) is 0 Å². The molecule has 110 valence electrons. The maximum Gasteiger partial charge on any atom is 0.190 e. The molecule has 0 spiro atoms. The van der Waals surface area contributed by atoms with Gasteiger partial charge < -0.3 is 0 Å². The molecule has 0 aliphatic rings. The number of nitriles is 1. The Hall–Kier alpha value is -2.15. The number of hydrogen-bond donors (Lipinski definition) is 0. The SMILES string of the molecule is CCCCCCCn1nnc(C#N)c1-c1cccc(C)c1. The molecule has 0 saturated heterocycles. The standard InChI is InChI=1S/C17H22N4/c1-3-4-5-6-7-11-21-17(16(13-18)19-20-21)15-10-8-9-14(2)12-15/h8-10,12H,3-7,11H2,1-2H3. The van der Waals surface area contributed by atoms with E-state index in [9.17, 15) is 5.26 Å². The molecule has 0 fully saturated rings. The first kappa shape index (κ1) is 15.2. The molecule has 1 aromatic carbocycles. The summed E-state index contributed by atoms with van der Waals surface area (Å²) < 4.78 is 1.87. The summed E-state index contributed by atoms with van der Waals surface area (Å²) in [6.07, 6.45) is 6.06. The van der Waals surface area contributed by atoms with E-state index in [1.807, 2.05) is 16.8 Å². The van der Waals surface area contributed by atoms with Crippen molar-refractivity contribution in [3.05, 3.63) is 35.5 Å². The van der Waals surface area contributed by atoms with Gasteiger partial charge in [0.15, 0.2) is 5.69 Å². The van der Waals surface area contributed by atoms with E-state index in [1.54, 1.807) is 0 Å². The van der Waals surface area contributed by atoms with E-state index in [0.29, 0.717) is 5.69 Å². The van der Waals surface area contributed by atoms with Gasteiger partial charge in [-0.3, -0.25) is 0 Å². The first-order valence-electron chi connectivity index (χ1n) is 7.67. The van der Waals surface area contributed by atoms with Crippen molar-refractivity contribution in [3.8, 4) is 17.3 Å². The molecule has 0 N–H and O–H groups in total. The summed E-state index contributed by atoms with van der Waals surface area (Å²) in [5.74, 6) is 0. The van der Waals surface area contributed by atoms with Crippen LogP contribution in [0.4, 0.5) is 0 Å². The fourth-order valence-electron chi connectivity index (χ4n) is 2.49. The molecule has 0 aliphatic carbocycles. The van der Waals surface area contributed by atoms with Crippen molar-refractivity contribution in [2.75, 3.05) is 0 Å². The number of rotatable bonds is 7. The number of unbranched alkanes of at least 4 members (excludes halogenated alkanes) is 4. The van der Waals surface area contributed by atoms with Gasteiger partial charge in [-0.1, -0.05) is 61.6 Å². The van der Waals surface area contributed by atoms with Crippen molar-refractivity contribution in [1.82, 2.24) is 15.0 Å². The summed E-state index contributed by atoms with van der Waals surface area (Å²) in [6.45, 7) is 5.09. The molecular formula is C17H22N4.